The summed E-state index contributed by atoms with van der Waals surface area (Å²) in [6.45, 7) is 1.39. The summed E-state index contributed by atoms with van der Waals surface area (Å²) in [6, 6.07) is 3.67. The molecule has 0 saturated carbocycles. The van der Waals surface area contributed by atoms with Gasteiger partial charge in [0.05, 0.1) is 13.2 Å². The van der Waals surface area contributed by atoms with E-state index in [1.54, 1.807) is 6.07 Å². The number of nitrogens with two attached hydrogens (primary N) is 1. The Morgan fingerprint density at radius 1 is 1.43 bits per heavy atom. The molecule has 0 amide bonds. The smallest absolute Gasteiger partial charge is 0.138 e. The first-order valence-corrected chi connectivity index (χ1v) is 4.84. The Bertz CT molecular complexity index is 376. The minimum absolute atomic E-state index is 0.450. The molecule has 14 heavy (non-hydrogen) atoms. The average molecular weight is 211 g/mol. The Hall–Kier alpha value is -1.06. The summed E-state index contributed by atoms with van der Waals surface area (Å²) in [5.74, 6) is 0.450. The second kappa shape index (κ2) is 3.98. The van der Waals surface area contributed by atoms with E-state index in [0.29, 0.717) is 17.6 Å². The van der Waals surface area contributed by atoms with Crippen LogP contribution < -0.4 is 5.73 Å². The predicted octanol–water partition coefficient (Wildman–Crippen LogP) is 2.12. The minimum Gasteiger partial charge on any atom is -0.384 e. The highest BCUT2D eigenvalue weighted by Crippen LogP contribution is 2.27. The van der Waals surface area contributed by atoms with Gasteiger partial charge in [-0.3, -0.25) is 0 Å². The van der Waals surface area contributed by atoms with Crippen molar-refractivity contribution in [1.82, 2.24) is 4.98 Å². The van der Waals surface area contributed by atoms with Gasteiger partial charge in [0, 0.05) is 5.56 Å². The minimum atomic E-state index is 0.450. The van der Waals surface area contributed by atoms with E-state index in [9.17, 15) is 0 Å². The zero-order valence-corrected chi connectivity index (χ0v) is 8.42. The lowest BCUT2D eigenvalue weighted by molar-refractivity contribution is 0.161. The Kier molecular flexibility index (Phi) is 2.70. The zero-order valence-electron chi connectivity index (χ0n) is 7.66. The normalized spacial score (nSPS) is 16.5. The molecule has 74 valence electrons. The quantitative estimate of drug-likeness (QED) is 0.723. The molecule has 0 unspecified atom stereocenters. The molecule has 0 aromatic carbocycles. The molecule has 4 heteroatoms. The van der Waals surface area contributed by atoms with Gasteiger partial charge in [-0.1, -0.05) is 17.7 Å². The molecule has 0 atom stereocenters. The second-order valence-electron chi connectivity index (χ2n) is 3.13. The van der Waals surface area contributed by atoms with Crippen LogP contribution in [0.3, 0.4) is 0 Å². The topological polar surface area (TPSA) is 48.1 Å². The van der Waals surface area contributed by atoms with Crippen molar-refractivity contribution in [2.24, 2.45) is 0 Å². The van der Waals surface area contributed by atoms with Crippen molar-refractivity contribution in [3.63, 3.8) is 0 Å². The van der Waals surface area contributed by atoms with Crippen molar-refractivity contribution >= 4 is 23.0 Å². The van der Waals surface area contributed by atoms with E-state index in [-0.39, 0.29) is 0 Å². The van der Waals surface area contributed by atoms with Crippen LogP contribution in [0.15, 0.2) is 18.2 Å². The molecule has 0 radical (unpaired) electrons. The van der Waals surface area contributed by atoms with Crippen LogP contribution >= 0.6 is 11.6 Å². The average Bonchev–Trinajstić information content (AvgIpc) is 2.19. The van der Waals surface area contributed by atoms with Crippen molar-refractivity contribution in [1.29, 1.82) is 0 Å². The van der Waals surface area contributed by atoms with Crippen LogP contribution in [-0.2, 0) is 4.74 Å². The number of rotatable bonds is 1. The monoisotopic (exact) mass is 210 g/mol. The van der Waals surface area contributed by atoms with Gasteiger partial charge in [-0.15, -0.1) is 0 Å². The van der Waals surface area contributed by atoms with E-state index < -0.39 is 0 Å². The van der Waals surface area contributed by atoms with Crippen LogP contribution in [0.4, 0.5) is 5.82 Å². The van der Waals surface area contributed by atoms with Gasteiger partial charge >= 0.3 is 0 Å². The summed E-state index contributed by atoms with van der Waals surface area (Å²) in [4.78, 5) is 4.01. The highest BCUT2D eigenvalue weighted by Gasteiger charge is 2.10. The fourth-order valence-corrected chi connectivity index (χ4v) is 1.74. The molecule has 0 spiro atoms. The lowest BCUT2D eigenvalue weighted by atomic mass is 10.0. The van der Waals surface area contributed by atoms with Crippen LogP contribution in [0.25, 0.3) is 5.57 Å². The van der Waals surface area contributed by atoms with Crippen LogP contribution in [0.5, 0.6) is 0 Å². The largest absolute Gasteiger partial charge is 0.384 e. The molecule has 1 aromatic heterocycles. The summed E-state index contributed by atoms with van der Waals surface area (Å²) in [6.07, 6.45) is 2.91. The van der Waals surface area contributed by atoms with E-state index in [1.165, 1.54) is 5.57 Å². The maximum Gasteiger partial charge on any atom is 0.138 e. The standard InChI is InChI=1S/C10H11ClN2O/c11-10-8(1-2-9(12)13-10)7-3-5-14-6-4-7/h1-3H,4-6H2,(H2,12,13). The molecule has 1 aliphatic rings. The molecule has 2 rings (SSSR count). The molecule has 0 saturated heterocycles. The number of ether oxygens (including phenoxy) is 1. The van der Waals surface area contributed by atoms with Crippen molar-refractivity contribution in [3.05, 3.63) is 28.9 Å². The molecule has 0 fully saturated rings. The first kappa shape index (κ1) is 9.49. The third-order valence-corrected chi connectivity index (χ3v) is 2.47. The molecule has 3 nitrogen and oxygen atoms in total. The maximum absolute atomic E-state index is 5.99. The van der Waals surface area contributed by atoms with Crippen LogP contribution in [-0.4, -0.2) is 18.2 Å². The Morgan fingerprint density at radius 2 is 2.29 bits per heavy atom. The summed E-state index contributed by atoms with van der Waals surface area (Å²) in [7, 11) is 0. The Labute approximate surface area is 87.5 Å². The number of hydrogen-bond acceptors (Lipinski definition) is 3. The van der Waals surface area contributed by atoms with Gasteiger partial charge in [-0.2, -0.15) is 0 Å². The maximum atomic E-state index is 5.99. The third kappa shape index (κ3) is 1.89. The van der Waals surface area contributed by atoms with Crippen LogP contribution in [0, 0.1) is 0 Å². The molecule has 0 bridgehead atoms. The number of anilines is 1. The van der Waals surface area contributed by atoms with E-state index in [0.717, 1.165) is 18.6 Å². The van der Waals surface area contributed by atoms with Gasteiger partial charge in [-0.05, 0) is 24.1 Å². The highest BCUT2D eigenvalue weighted by atomic mass is 35.5. The van der Waals surface area contributed by atoms with Crippen molar-refractivity contribution < 1.29 is 4.74 Å². The van der Waals surface area contributed by atoms with Gasteiger partial charge in [0.25, 0.3) is 0 Å². The molecule has 1 aliphatic heterocycles. The first-order valence-electron chi connectivity index (χ1n) is 4.46. The van der Waals surface area contributed by atoms with Gasteiger partial charge < -0.3 is 10.5 Å². The fourth-order valence-electron chi connectivity index (χ4n) is 1.46. The van der Waals surface area contributed by atoms with Gasteiger partial charge in [0.1, 0.15) is 11.0 Å². The lowest BCUT2D eigenvalue weighted by Crippen LogP contribution is -2.04. The second-order valence-corrected chi connectivity index (χ2v) is 3.49. The van der Waals surface area contributed by atoms with Gasteiger partial charge in [0.2, 0.25) is 0 Å². The Balaban J connectivity index is 2.35. The predicted molar refractivity (Wildman–Crippen MR) is 57.1 cm³/mol. The number of halogens is 1. The summed E-state index contributed by atoms with van der Waals surface area (Å²) < 4.78 is 5.22. The molecule has 0 aliphatic carbocycles. The van der Waals surface area contributed by atoms with Crippen molar-refractivity contribution in [2.75, 3.05) is 18.9 Å². The number of hydrogen-bond donors (Lipinski definition) is 1. The first-order chi connectivity index (χ1) is 6.77. The lowest BCUT2D eigenvalue weighted by Gasteiger charge is -2.14. The highest BCUT2D eigenvalue weighted by molar-refractivity contribution is 6.31. The molecular weight excluding hydrogens is 200 g/mol. The van der Waals surface area contributed by atoms with Crippen LogP contribution in [0.2, 0.25) is 5.15 Å². The summed E-state index contributed by atoms with van der Waals surface area (Å²) in [5.41, 5.74) is 7.67. The third-order valence-electron chi connectivity index (χ3n) is 2.18. The number of aromatic nitrogens is 1. The number of nitrogens with zero attached hydrogens (tertiary/aromatic N) is 1. The molecule has 2 heterocycles. The van der Waals surface area contributed by atoms with E-state index in [2.05, 4.69) is 4.98 Å². The summed E-state index contributed by atoms with van der Waals surface area (Å²) >= 11 is 5.99. The van der Waals surface area contributed by atoms with Gasteiger partial charge in [0.15, 0.2) is 0 Å². The molecular formula is C10H11ClN2O. The number of nitrogen functional groups attached to an aromatic ring is 1. The van der Waals surface area contributed by atoms with Crippen molar-refractivity contribution in [2.45, 2.75) is 6.42 Å². The number of pyridine rings is 1. The molecule has 1 aromatic rings. The van der Waals surface area contributed by atoms with Crippen molar-refractivity contribution in [3.8, 4) is 0 Å². The van der Waals surface area contributed by atoms with E-state index in [4.69, 9.17) is 22.1 Å². The molecule has 2 N–H and O–H groups in total. The van der Waals surface area contributed by atoms with E-state index >= 15 is 0 Å². The fraction of sp³-hybridized carbons (Fsp3) is 0.300. The van der Waals surface area contributed by atoms with E-state index in [1.807, 2.05) is 12.1 Å². The van der Waals surface area contributed by atoms with Crippen LogP contribution in [0.1, 0.15) is 12.0 Å². The zero-order chi connectivity index (χ0) is 9.97. The van der Waals surface area contributed by atoms with Gasteiger partial charge in [-0.25, -0.2) is 4.98 Å². The SMILES string of the molecule is Nc1ccc(C2=CCOCC2)c(Cl)n1. The summed E-state index contributed by atoms with van der Waals surface area (Å²) in [5, 5.41) is 0.471. The Morgan fingerprint density at radius 3 is 2.93 bits per heavy atom.